The zero-order chi connectivity index (χ0) is 32.8. The Balaban J connectivity index is 1.18. The van der Waals surface area contributed by atoms with E-state index in [1.54, 1.807) is 0 Å². The minimum absolute atomic E-state index is 0.881. The van der Waals surface area contributed by atoms with E-state index < -0.39 is 0 Å². The molecule has 0 aliphatic carbocycles. The molecule has 0 bridgehead atoms. The van der Waals surface area contributed by atoms with Crippen LogP contribution in [0, 0.1) is 0 Å². The van der Waals surface area contributed by atoms with Crippen molar-refractivity contribution in [3.63, 3.8) is 0 Å². The molecule has 0 saturated heterocycles. The molecule has 0 aliphatic rings. The van der Waals surface area contributed by atoms with Crippen LogP contribution >= 0.6 is 0 Å². The lowest BCUT2D eigenvalue weighted by molar-refractivity contribution is 1.05. The standard InChI is InChI=1S/C45H29N5/c1-3-11-32(12-4-1)47-27-25-30-19-22-37-35-15-7-9-17-39(35)49(44(37)42(30)47)34-21-24-41(46-29-34)50-40-18-10-8-16-36(40)38-23-20-31-26-28-48(43(31)45(38)50)33-13-5-2-6-14-33/h1-29H. The highest BCUT2D eigenvalue weighted by Crippen LogP contribution is 2.40. The molecule has 0 amide bonds. The van der Waals surface area contributed by atoms with Crippen LogP contribution in [0.25, 0.3) is 88.3 Å². The van der Waals surface area contributed by atoms with Gasteiger partial charge in [0.05, 0.1) is 45.0 Å². The topological polar surface area (TPSA) is 32.6 Å². The van der Waals surface area contributed by atoms with Crippen LogP contribution in [0.15, 0.2) is 176 Å². The molecule has 234 valence electrons. The molecule has 0 fully saturated rings. The van der Waals surface area contributed by atoms with Crippen molar-refractivity contribution in [3.8, 4) is 22.9 Å². The van der Waals surface area contributed by atoms with Crippen LogP contribution in [0.2, 0.25) is 0 Å². The number of hydrogen-bond donors (Lipinski definition) is 0. The summed E-state index contributed by atoms with van der Waals surface area (Å²) in [6.45, 7) is 0. The molecule has 5 heteroatoms. The van der Waals surface area contributed by atoms with Gasteiger partial charge in [-0.3, -0.25) is 4.57 Å². The molecule has 0 atom stereocenters. The molecular formula is C45H29N5. The molecule has 0 saturated carbocycles. The summed E-state index contributed by atoms with van der Waals surface area (Å²) < 4.78 is 9.32. The fourth-order valence-electron chi connectivity index (χ4n) is 8.10. The Kier molecular flexibility index (Phi) is 5.60. The molecule has 0 spiro atoms. The van der Waals surface area contributed by atoms with Crippen molar-refractivity contribution in [2.45, 2.75) is 0 Å². The van der Waals surface area contributed by atoms with Gasteiger partial charge in [-0.15, -0.1) is 0 Å². The van der Waals surface area contributed by atoms with Crippen molar-refractivity contribution in [1.82, 2.24) is 23.3 Å². The summed E-state index contributed by atoms with van der Waals surface area (Å²) in [4.78, 5) is 5.26. The van der Waals surface area contributed by atoms with Crippen LogP contribution in [-0.2, 0) is 0 Å². The monoisotopic (exact) mass is 639 g/mol. The summed E-state index contributed by atoms with van der Waals surface area (Å²) in [5.74, 6) is 0.881. The van der Waals surface area contributed by atoms with E-state index >= 15 is 0 Å². The molecule has 5 aromatic heterocycles. The van der Waals surface area contributed by atoms with Gasteiger partial charge >= 0.3 is 0 Å². The fourth-order valence-corrected chi connectivity index (χ4v) is 8.10. The Morgan fingerprint density at radius 3 is 1.38 bits per heavy atom. The average Bonchev–Trinajstić information content (AvgIpc) is 3.96. The highest BCUT2D eigenvalue weighted by molar-refractivity contribution is 6.19. The van der Waals surface area contributed by atoms with E-state index in [2.05, 4.69) is 188 Å². The van der Waals surface area contributed by atoms with Gasteiger partial charge in [-0.2, -0.15) is 0 Å². The lowest BCUT2D eigenvalue weighted by Gasteiger charge is -2.13. The van der Waals surface area contributed by atoms with E-state index in [1.165, 1.54) is 48.9 Å². The largest absolute Gasteiger partial charge is 0.315 e. The Hall–Kier alpha value is -6.85. The first-order valence-corrected chi connectivity index (χ1v) is 17.0. The minimum atomic E-state index is 0.881. The second kappa shape index (κ2) is 10.3. The third-order valence-electron chi connectivity index (χ3n) is 10.3. The maximum Gasteiger partial charge on any atom is 0.137 e. The van der Waals surface area contributed by atoms with Crippen LogP contribution in [-0.4, -0.2) is 23.3 Å². The number of hydrogen-bond acceptors (Lipinski definition) is 1. The van der Waals surface area contributed by atoms with Crippen molar-refractivity contribution in [2.24, 2.45) is 0 Å². The van der Waals surface area contributed by atoms with Crippen LogP contribution in [0.3, 0.4) is 0 Å². The van der Waals surface area contributed by atoms with Crippen molar-refractivity contribution in [1.29, 1.82) is 0 Å². The maximum atomic E-state index is 5.26. The predicted octanol–water partition coefficient (Wildman–Crippen LogP) is 11.2. The summed E-state index contributed by atoms with van der Waals surface area (Å²) in [5.41, 5.74) is 10.3. The molecule has 5 heterocycles. The lowest BCUT2D eigenvalue weighted by atomic mass is 10.1. The third-order valence-corrected chi connectivity index (χ3v) is 10.3. The fraction of sp³-hybridized carbons (Fsp3) is 0. The number of rotatable bonds is 4. The van der Waals surface area contributed by atoms with Gasteiger partial charge in [-0.1, -0.05) is 97.1 Å². The summed E-state index contributed by atoms with van der Waals surface area (Å²) in [7, 11) is 0. The van der Waals surface area contributed by atoms with Crippen molar-refractivity contribution >= 4 is 65.4 Å². The van der Waals surface area contributed by atoms with Gasteiger partial charge in [-0.25, -0.2) is 4.98 Å². The van der Waals surface area contributed by atoms with Gasteiger partial charge < -0.3 is 13.7 Å². The molecule has 11 rings (SSSR count). The van der Waals surface area contributed by atoms with Gasteiger partial charge in [0.2, 0.25) is 0 Å². The molecule has 0 N–H and O–H groups in total. The smallest absolute Gasteiger partial charge is 0.137 e. The quantitative estimate of drug-likeness (QED) is 0.189. The van der Waals surface area contributed by atoms with Gasteiger partial charge in [0.1, 0.15) is 5.82 Å². The number of benzene rings is 6. The molecular weight excluding hydrogens is 611 g/mol. The van der Waals surface area contributed by atoms with E-state index in [9.17, 15) is 0 Å². The molecule has 0 aliphatic heterocycles. The van der Waals surface area contributed by atoms with E-state index in [1.807, 2.05) is 6.20 Å². The summed E-state index contributed by atoms with van der Waals surface area (Å²) in [5, 5.41) is 7.26. The first-order valence-electron chi connectivity index (χ1n) is 17.0. The molecule has 5 nitrogen and oxygen atoms in total. The van der Waals surface area contributed by atoms with Gasteiger partial charge in [0.25, 0.3) is 0 Å². The number of nitrogens with zero attached hydrogens (tertiary/aromatic N) is 5. The van der Waals surface area contributed by atoms with Crippen molar-refractivity contribution in [2.75, 3.05) is 0 Å². The van der Waals surface area contributed by atoms with Crippen LogP contribution in [0.5, 0.6) is 0 Å². The Bertz CT molecular complexity index is 2860. The van der Waals surface area contributed by atoms with E-state index in [4.69, 9.17) is 4.98 Å². The maximum absolute atomic E-state index is 5.26. The Labute approximate surface area is 287 Å². The van der Waals surface area contributed by atoms with E-state index in [0.717, 1.165) is 39.4 Å². The first kappa shape index (κ1) is 27.1. The van der Waals surface area contributed by atoms with Gasteiger partial charge in [0.15, 0.2) is 0 Å². The summed E-state index contributed by atoms with van der Waals surface area (Å²) >= 11 is 0. The third kappa shape index (κ3) is 3.74. The van der Waals surface area contributed by atoms with Crippen molar-refractivity contribution in [3.05, 3.63) is 176 Å². The lowest BCUT2D eigenvalue weighted by Crippen LogP contribution is -2.02. The van der Waals surface area contributed by atoms with E-state index in [-0.39, 0.29) is 0 Å². The highest BCUT2D eigenvalue weighted by atomic mass is 15.1. The Morgan fingerprint density at radius 1 is 0.340 bits per heavy atom. The number of aromatic nitrogens is 5. The van der Waals surface area contributed by atoms with Crippen LogP contribution in [0.4, 0.5) is 0 Å². The molecule has 0 unspecified atom stereocenters. The molecule has 50 heavy (non-hydrogen) atoms. The average molecular weight is 640 g/mol. The summed E-state index contributed by atoms with van der Waals surface area (Å²) in [6, 6.07) is 56.3. The minimum Gasteiger partial charge on any atom is -0.315 e. The Morgan fingerprint density at radius 2 is 0.840 bits per heavy atom. The molecule has 0 radical (unpaired) electrons. The second-order valence-corrected chi connectivity index (χ2v) is 12.9. The van der Waals surface area contributed by atoms with Crippen molar-refractivity contribution < 1.29 is 0 Å². The number of para-hydroxylation sites is 4. The van der Waals surface area contributed by atoms with Crippen LogP contribution in [0.1, 0.15) is 0 Å². The predicted molar refractivity (Wildman–Crippen MR) is 207 cm³/mol. The first-order chi connectivity index (χ1) is 24.8. The number of pyridine rings is 1. The highest BCUT2D eigenvalue weighted by Gasteiger charge is 2.21. The van der Waals surface area contributed by atoms with Gasteiger partial charge in [0, 0.05) is 56.1 Å². The number of fused-ring (bicyclic) bond motifs is 10. The molecule has 11 aromatic rings. The van der Waals surface area contributed by atoms with Gasteiger partial charge in [-0.05, 0) is 60.7 Å². The summed E-state index contributed by atoms with van der Waals surface area (Å²) in [6.07, 6.45) is 6.39. The zero-order valence-electron chi connectivity index (χ0n) is 27.0. The normalized spacial score (nSPS) is 12.0. The van der Waals surface area contributed by atoms with E-state index in [0.29, 0.717) is 0 Å². The molecule has 6 aromatic carbocycles. The zero-order valence-corrected chi connectivity index (χ0v) is 27.0. The SMILES string of the molecule is c1ccc(-n2ccc3ccc4c5ccccc5n(-c5ccc(-n6c7ccccc7c7ccc8ccn(-c9ccccc9)c8c76)nc5)c4c32)cc1. The van der Waals surface area contributed by atoms with Crippen LogP contribution < -0.4 is 0 Å². The second-order valence-electron chi connectivity index (χ2n) is 12.9.